The number of aromatic carboxylic acids is 1. The molecule has 134 valence electrons. The summed E-state index contributed by atoms with van der Waals surface area (Å²) in [7, 11) is 0. The fraction of sp³-hybridized carbons (Fsp3) is 0.105. The van der Waals surface area contributed by atoms with Crippen molar-refractivity contribution in [1.82, 2.24) is 0 Å². The summed E-state index contributed by atoms with van der Waals surface area (Å²) in [5.74, 6) is -0.792. The van der Waals surface area contributed by atoms with Crippen LogP contribution in [0.1, 0.15) is 27.4 Å². The minimum atomic E-state index is -1.14. The molecule has 0 aliphatic carbocycles. The van der Waals surface area contributed by atoms with Gasteiger partial charge in [-0.25, -0.2) is 9.18 Å². The standard InChI is InChI=1S/C19H13Cl2FO4/c20-13-3-5-17(25-10-11-1-2-14(21)9-16(11)22)12(7-13)8-15-4-6-18(26-15)19(23)24/h1-7,9H,8,10H2,(H,23,24). The van der Waals surface area contributed by atoms with Crippen molar-refractivity contribution in [1.29, 1.82) is 0 Å². The van der Waals surface area contributed by atoms with Crippen molar-refractivity contribution >= 4 is 29.2 Å². The molecule has 0 unspecified atom stereocenters. The average molecular weight is 395 g/mol. The minimum absolute atomic E-state index is 0.0101. The number of rotatable bonds is 6. The van der Waals surface area contributed by atoms with Gasteiger partial charge in [-0.15, -0.1) is 0 Å². The van der Waals surface area contributed by atoms with E-state index in [9.17, 15) is 9.18 Å². The Morgan fingerprint density at radius 2 is 1.77 bits per heavy atom. The van der Waals surface area contributed by atoms with E-state index in [2.05, 4.69) is 0 Å². The first-order chi connectivity index (χ1) is 12.4. The highest BCUT2D eigenvalue weighted by atomic mass is 35.5. The summed E-state index contributed by atoms with van der Waals surface area (Å²) in [5.41, 5.74) is 1.06. The molecule has 1 aromatic heterocycles. The van der Waals surface area contributed by atoms with Crippen LogP contribution in [-0.4, -0.2) is 11.1 Å². The van der Waals surface area contributed by atoms with E-state index in [1.165, 1.54) is 12.1 Å². The van der Waals surface area contributed by atoms with Crippen LogP contribution in [0.5, 0.6) is 5.75 Å². The van der Waals surface area contributed by atoms with E-state index in [-0.39, 0.29) is 18.8 Å². The zero-order valence-corrected chi connectivity index (χ0v) is 14.9. The molecule has 7 heteroatoms. The van der Waals surface area contributed by atoms with Crippen LogP contribution in [0.15, 0.2) is 52.9 Å². The Labute approximate surface area is 158 Å². The van der Waals surface area contributed by atoms with Crippen LogP contribution in [0.2, 0.25) is 10.0 Å². The summed E-state index contributed by atoms with van der Waals surface area (Å²) in [6, 6.07) is 12.3. The third-order valence-electron chi connectivity index (χ3n) is 3.66. The van der Waals surface area contributed by atoms with Gasteiger partial charge >= 0.3 is 5.97 Å². The van der Waals surface area contributed by atoms with Crippen molar-refractivity contribution in [3.8, 4) is 5.75 Å². The second-order valence-corrected chi connectivity index (χ2v) is 6.40. The van der Waals surface area contributed by atoms with Gasteiger partial charge in [0.05, 0.1) is 0 Å². The van der Waals surface area contributed by atoms with Crippen molar-refractivity contribution in [3.63, 3.8) is 0 Å². The van der Waals surface area contributed by atoms with Crippen LogP contribution in [0.4, 0.5) is 4.39 Å². The fourth-order valence-electron chi connectivity index (χ4n) is 2.40. The quantitative estimate of drug-likeness (QED) is 0.591. The third-order valence-corrected chi connectivity index (χ3v) is 4.13. The van der Waals surface area contributed by atoms with Gasteiger partial charge in [0.15, 0.2) is 0 Å². The molecule has 0 saturated carbocycles. The average Bonchev–Trinajstić information content (AvgIpc) is 3.04. The first-order valence-electron chi connectivity index (χ1n) is 7.59. The van der Waals surface area contributed by atoms with E-state index in [1.54, 1.807) is 36.4 Å². The number of furan rings is 1. The number of carbonyl (C=O) groups is 1. The molecule has 0 amide bonds. The van der Waals surface area contributed by atoms with Gasteiger partial charge < -0.3 is 14.3 Å². The molecule has 3 aromatic rings. The largest absolute Gasteiger partial charge is 0.488 e. The van der Waals surface area contributed by atoms with Crippen molar-refractivity contribution < 1.29 is 23.4 Å². The summed E-state index contributed by atoms with van der Waals surface area (Å²) in [4.78, 5) is 10.9. The van der Waals surface area contributed by atoms with Crippen molar-refractivity contribution in [2.75, 3.05) is 0 Å². The van der Waals surface area contributed by atoms with E-state index < -0.39 is 11.8 Å². The molecule has 1 heterocycles. The van der Waals surface area contributed by atoms with Gasteiger partial charge in [0, 0.05) is 27.6 Å². The topological polar surface area (TPSA) is 59.7 Å². The molecular formula is C19H13Cl2FO4. The molecule has 0 aliphatic rings. The highest BCUT2D eigenvalue weighted by molar-refractivity contribution is 6.30. The zero-order valence-electron chi connectivity index (χ0n) is 13.3. The molecule has 0 atom stereocenters. The van der Waals surface area contributed by atoms with E-state index in [0.29, 0.717) is 32.7 Å². The van der Waals surface area contributed by atoms with Crippen molar-refractivity contribution in [3.05, 3.63) is 87.0 Å². The van der Waals surface area contributed by atoms with E-state index in [4.69, 9.17) is 37.5 Å². The minimum Gasteiger partial charge on any atom is -0.488 e. The van der Waals surface area contributed by atoms with E-state index in [0.717, 1.165) is 0 Å². The Morgan fingerprint density at radius 1 is 1.04 bits per heavy atom. The lowest BCUT2D eigenvalue weighted by atomic mass is 10.1. The summed E-state index contributed by atoms with van der Waals surface area (Å²) in [5, 5.41) is 9.74. The van der Waals surface area contributed by atoms with E-state index >= 15 is 0 Å². The van der Waals surface area contributed by atoms with Gasteiger partial charge in [-0.2, -0.15) is 0 Å². The maximum Gasteiger partial charge on any atom is 0.371 e. The summed E-state index contributed by atoms with van der Waals surface area (Å²) in [6.45, 7) is 0.0101. The normalized spacial score (nSPS) is 10.7. The maximum atomic E-state index is 13.9. The summed E-state index contributed by atoms with van der Waals surface area (Å²) in [6.07, 6.45) is 0.284. The number of carboxylic acids is 1. The molecule has 2 aromatic carbocycles. The van der Waals surface area contributed by atoms with Gasteiger partial charge in [-0.05, 0) is 42.5 Å². The number of hydrogen-bond acceptors (Lipinski definition) is 3. The maximum absolute atomic E-state index is 13.9. The number of benzene rings is 2. The number of halogens is 3. The number of carboxylic acid groups (broad SMARTS) is 1. The molecule has 0 bridgehead atoms. The molecule has 0 spiro atoms. The Hall–Kier alpha value is -2.50. The summed E-state index contributed by atoms with van der Waals surface area (Å²) >= 11 is 11.8. The number of ether oxygens (including phenoxy) is 1. The molecule has 4 nitrogen and oxygen atoms in total. The van der Waals surface area contributed by atoms with Crippen molar-refractivity contribution in [2.24, 2.45) is 0 Å². The van der Waals surface area contributed by atoms with Gasteiger partial charge in [-0.1, -0.05) is 29.3 Å². The molecule has 26 heavy (non-hydrogen) atoms. The molecule has 1 N–H and O–H groups in total. The smallest absolute Gasteiger partial charge is 0.371 e. The highest BCUT2D eigenvalue weighted by Crippen LogP contribution is 2.27. The van der Waals surface area contributed by atoms with Crippen LogP contribution in [0.25, 0.3) is 0 Å². The van der Waals surface area contributed by atoms with Crippen LogP contribution in [0, 0.1) is 5.82 Å². The SMILES string of the molecule is O=C(O)c1ccc(Cc2cc(Cl)ccc2OCc2ccc(Cl)cc2F)o1. The Bertz CT molecular complexity index is 952. The molecule has 0 saturated heterocycles. The van der Waals surface area contributed by atoms with Gasteiger partial charge in [0.1, 0.15) is 23.9 Å². The lowest BCUT2D eigenvalue weighted by Crippen LogP contribution is -2.01. The molecule has 0 fully saturated rings. The lowest BCUT2D eigenvalue weighted by molar-refractivity contribution is 0.0660. The third kappa shape index (κ3) is 4.36. The Balaban J connectivity index is 1.79. The van der Waals surface area contributed by atoms with Crippen LogP contribution in [-0.2, 0) is 13.0 Å². The van der Waals surface area contributed by atoms with Crippen LogP contribution >= 0.6 is 23.2 Å². The zero-order chi connectivity index (χ0) is 18.7. The van der Waals surface area contributed by atoms with Gasteiger partial charge in [0.2, 0.25) is 5.76 Å². The second-order valence-electron chi connectivity index (χ2n) is 5.52. The first-order valence-corrected chi connectivity index (χ1v) is 8.35. The number of hydrogen-bond donors (Lipinski definition) is 1. The Morgan fingerprint density at radius 3 is 2.46 bits per heavy atom. The molecule has 3 rings (SSSR count). The van der Waals surface area contributed by atoms with Crippen LogP contribution in [0.3, 0.4) is 0 Å². The van der Waals surface area contributed by atoms with Crippen LogP contribution < -0.4 is 4.74 Å². The first kappa shape index (κ1) is 18.3. The predicted octanol–water partition coefficient (Wildman–Crippen LogP) is 5.59. The predicted molar refractivity (Wildman–Crippen MR) is 95.7 cm³/mol. The Kier molecular flexibility index (Phi) is 5.49. The fourth-order valence-corrected chi connectivity index (χ4v) is 2.75. The molecular weight excluding hydrogens is 382 g/mol. The molecule has 0 aliphatic heterocycles. The molecule has 0 radical (unpaired) electrons. The van der Waals surface area contributed by atoms with Gasteiger partial charge in [-0.3, -0.25) is 0 Å². The summed E-state index contributed by atoms with van der Waals surface area (Å²) < 4.78 is 24.9. The highest BCUT2D eigenvalue weighted by Gasteiger charge is 2.13. The lowest BCUT2D eigenvalue weighted by Gasteiger charge is -2.12. The monoisotopic (exact) mass is 394 g/mol. The van der Waals surface area contributed by atoms with Gasteiger partial charge in [0.25, 0.3) is 0 Å². The van der Waals surface area contributed by atoms with Crippen molar-refractivity contribution in [2.45, 2.75) is 13.0 Å². The second kappa shape index (κ2) is 7.81. The van der Waals surface area contributed by atoms with E-state index in [1.807, 2.05) is 0 Å².